The number of carboxylic acids is 1. The molecule has 1 aromatic rings. The number of nitrogens with zero attached hydrogens (tertiary/aromatic N) is 1. The summed E-state index contributed by atoms with van der Waals surface area (Å²) in [5.74, 6) is -0.734. The van der Waals surface area contributed by atoms with Crippen molar-refractivity contribution in [1.29, 1.82) is 0 Å². The van der Waals surface area contributed by atoms with Gasteiger partial charge in [-0.1, -0.05) is 13.0 Å². The van der Waals surface area contributed by atoms with Crippen molar-refractivity contribution < 1.29 is 9.90 Å². The van der Waals surface area contributed by atoms with Gasteiger partial charge in [-0.25, -0.2) is 0 Å². The first-order valence-corrected chi connectivity index (χ1v) is 5.82. The summed E-state index contributed by atoms with van der Waals surface area (Å²) in [5, 5.41) is 8.52. The van der Waals surface area contributed by atoms with Gasteiger partial charge in [0.2, 0.25) is 0 Å². The van der Waals surface area contributed by atoms with E-state index in [-0.39, 0.29) is 18.7 Å². The fraction of sp³-hybridized carbons (Fsp3) is 0.333. The number of hydrogen-bond donors (Lipinski definition) is 1. The average molecular weight is 241 g/mol. The SMILES string of the molecule is CC(CC(=O)O)c1cccnc1.[B][B]B([B])B([B])[B]. The van der Waals surface area contributed by atoms with E-state index >= 15 is 0 Å². The molecule has 0 aliphatic heterocycles. The summed E-state index contributed by atoms with van der Waals surface area (Å²) in [5.41, 5.74) is 0.972. The van der Waals surface area contributed by atoms with Crippen molar-refractivity contribution in [3.63, 3.8) is 0 Å². The van der Waals surface area contributed by atoms with Gasteiger partial charge in [-0.15, -0.1) is 0 Å². The highest BCUT2D eigenvalue weighted by molar-refractivity contribution is 7.81. The molecule has 1 rings (SSSR count). The highest BCUT2D eigenvalue weighted by Gasteiger charge is 2.09. The molecule has 19 heavy (non-hydrogen) atoms. The fourth-order valence-electron chi connectivity index (χ4n) is 1.18. The van der Waals surface area contributed by atoms with E-state index < -0.39 is 12.4 Å². The van der Waals surface area contributed by atoms with Crippen LogP contribution in [0.2, 0.25) is 0 Å². The Bertz CT molecular complexity index is 365. The van der Waals surface area contributed by atoms with Gasteiger partial charge in [0.15, 0.2) is 0 Å². The van der Waals surface area contributed by atoms with Crippen molar-refractivity contribution in [2.75, 3.05) is 0 Å². The lowest BCUT2D eigenvalue weighted by Crippen LogP contribution is -2.43. The first kappa shape index (κ1) is 18.1. The van der Waals surface area contributed by atoms with Crippen LogP contribution in [0.3, 0.4) is 0 Å². The molecule has 0 saturated carbocycles. The van der Waals surface area contributed by atoms with E-state index in [4.69, 9.17) is 36.1 Å². The molecule has 1 N–H and O–H groups in total. The maximum Gasteiger partial charge on any atom is 0.303 e. The second-order valence-corrected chi connectivity index (χ2v) is 4.13. The van der Waals surface area contributed by atoms with Crippen LogP contribution in [0.5, 0.6) is 0 Å². The van der Waals surface area contributed by atoms with Gasteiger partial charge in [0.1, 0.15) is 0 Å². The molecule has 0 saturated heterocycles. The zero-order chi connectivity index (χ0) is 14.8. The third kappa shape index (κ3) is 8.74. The molecule has 1 heterocycles. The number of rotatable bonds is 5. The zero-order valence-electron chi connectivity index (χ0n) is 10.9. The average Bonchev–Trinajstić information content (AvgIpc) is 2.38. The van der Waals surface area contributed by atoms with Gasteiger partial charge >= 0.3 is 5.97 Å². The van der Waals surface area contributed by atoms with Crippen molar-refractivity contribution in [2.24, 2.45) is 0 Å². The van der Waals surface area contributed by atoms with E-state index in [1.54, 1.807) is 12.4 Å². The highest BCUT2D eigenvalue weighted by Crippen LogP contribution is 2.16. The standard InChI is InChI=1S/C9H11NO2.B7/c1-7(5-9(11)12)8-3-2-4-10-6-8;1-5-7(4)6(2)3/h2-4,6-7H,5H2,1H3,(H,11,12);. The molecule has 9 radical (unpaired) electrons. The summed E-state index contributed by atoms with van der Waals surface area (Å²) in [4.78, 5) is 14.3. The van der Waals surface area contributed by atoms with Gasteiger partial charge in [0.05, 0.1) is 6.42 Å². The van der Waals surface area contributed by atoms with Crippen molar-refractivity contribution in [1.82, 2.24) is 4.98 Å². The largest absolute Gasteiger partial charge is 0.481 e. The van der Waals surface area contributed by atoms with Crippen LogP contribution < -0.4 is 0 Å². The first-order valence-electron chi connectivity index (χ1n) is 5.82. The van der Waals surface area contributed by atoms with Crippen molar-refractivity contribution >= 4 is 56.7 Å². The lowest BCUT2D eigenvalue weighted by Gasteiger charge is -2.06. The summed E-state index contributed by atoms with van der Waals surface area (Å²) < 4.78 is 0. The zero-order valence-corrected chi connectivity index (χ0v) is 10.9. The normalized spacial score (nSPS) is 10.6. The summed E-state index contributed by atoms with van der Waals surface area (Å²) in [7, 11) is 21.6. The Morgan fingerprint density at radius 3 is 2.47 bits per heavy atom. The van der Waals surface area contributed by atoms with Crippen molar-refractivity contribution in [2.45, 2.75) is 19.3 Å². The van der Waals surface area contributed by atoms with Crippen LogP contribution in [-0.4, -0.2) is 66.8 Å². The molecule has 1 atom stereocenters. The summed E-state index contributed by atoms with van der Waals surface area (Å²) >= 11 is 0. The second-order valence-electron chi connectivity index (χ2n) is 4.13. The van der Waals surface area contributed by atoms with Crippen molar-refractivity contribution in [3.8, 4) is 0 Å². The Hall–Kier alpha value is -0.925. The van der Waals surface area contributed by atoms with E-state index in [0.717, 1.165) is 5.56 Å². The maximum atomic E-state index is 10.4. The molecule has 1 unspecified atom stereocenters. The summed E-state index contributed by atoms with van der Waals surface area (Å²) in [6.07, 6.45) is 2.61. The highest BCUT2D eigenvalue weighted by atomic mass is 16.4. The number of carboxylic acid groups (broad SMARTS) is 1. The Morgan fingerprint density at radius 1 is 1.53 bits per heavy atom. The van der Waals surface area contributed by atoms with Crippen LogP contribution >= 0.6 is 0 Å². The van der Waals surface area contributed by atoms with Crippen molar-refractivity contribution in [3.05, 3.63) is 30.1 Å². The van der Waals surface area contributed by atoms with Crippen LogP contribution in [0.4, 0.5) is 0 Å². The lowest BCUT2D eigenvalue weighted by molar-refractivity contribution is -0.137. The molecule has 0 aliphatic carbocycles. The second kappa shape index (κ2) is 9.93. The molecule has 0 aliphatic rings. The Kier molecular flexibility index (Phi) is 9.45. The molecule has 0 spiro atoms. The molecular formula is C9H11B7NO2. The molecule has 0 bridgehead atoms. The predicted molar refractivity (Wildman–Crippen MR) is 85.2 cm³/mol. The van der Waals surface area contributed by atoms with E-state index in [1.165, 1.54) is 7.06 Å². The molecule has 10 heteroatoms. The van der Waals surface area contributed by atoms with Crippen LogP contribution in [0, 0.1) is 0 Å². The van der Waals surface area contributed by atoms with Gasteiger partial charge in [0, 0.05) is 63.2 Å². The predicted octanol–water partition coefficient (Wildman–Crippen LogP) is -1.01. The summed E-state index contributed by atoms with van der Waals surface area (Å²) in [6.45, 7) is 1.88. The summed E-state index contributed by atoms with van der Waals surface area (Å²) in [6, 6.07) is 3.70. The molecule has 0 fully saturated rings. The minimum atomic E-state index is -0.772. The van der Waals surface area contributed by atoms with Gasteiger partial charge in [-0.2, -0.15) is 0 Å². The Balaban J connectivity index is 0.000000399. The minimum Gasteiger partial charge on any atom is -0.481 e. The van der Waals surface area contributed by atoms with E-state index in [9.17, 15) is 4.79 Å². The third-order valence-electron chi connectivity index (χ3n) is 2.40. The van der Waals surface area contributed by atoms with Crippen LogP contribution in [0.15, 0.2) is 24.5 Å². The van der Waals surface area contributed by atoms with Gasteiger partial charge in [-0.05, 0) is 17.5 Å². The van der Waals surface area contributed by atoms with Gasteiger partial charge in [0.25, 0.3) is 0 Å². The lowest BCUT2D eigenvalue weighted by atomic mass is 8.76. The number of hydrogen-bond acceptors (Lipinski definition) is 2. The van der Waals surface area contributed by atoms with Crippen LogP contribution in [0.1, 0.15) is 24.8 Å². The number of aliphatic carboxylic acids is 1. The van der Waals surface area contributed by atoms with Crippen LogP contribution in [0.25, 0.3) is 0 Å². The van der Waals surface area contributed by atoms with Crippen LogP contribution in [-0.2, 0) is 4.79 Å². The number of carbonyl (C=O) groups is 1. The minimum absolute atomic E-state index is 0.0381. The Morgan fingerprint density at radius 2 is 2.16 bits per heavy atom. The molecular weight excluding hydrogens is 230 g/mol. The Labute approximate surface area is 121 Å². The monoisotopic (exact) mass is 242 g/mol. The third-order valence-corrected chi connectivity index (χ3v) is 2.40. The number of aromatic nitrogens is 1. The molecule has 1 aromatic heterocycles. The maximum absolute atomic E-state index is 10.4. The van der Waals surface area contributed by atoms with E-state index in [2.05, 4.69) is 4.98 Å². The fourth-order valence-corrected chi connectivity index (χ4v) is 1.18. The molecule has 3 nitrogen and oxygen atoms in total. The van der Waals surface area contributed by atoms with E-state index in [1.807, 2.05) is 19.1 Å². The molecule has 0 amide bonds. The molecule has 85 valence electrons. The van der Waals surface area contributed by atoms with E-state index in [0.29, 0.717) is 0 Å². The molecule has 0 aromatic carbocycles. The topological polar surface area (TPSA) is 50.2 Å². The smallest absolute Gasteiger partial charge is 0.303 e. The number of pyridine rings is 1. The first-order chi connectivity index (χ1) is 8.88. The quantitative estimate of drug-likeness (QED) is 0.672. The van der Waals surface area contributed by atoms with Gasteiger partial charge < -0.3 is 5.11 Å². The van der Waals surface area contributed by atoms with Gasteiger partial charge in [-0.3, -0.25) is 9.78 Å².